The molecule has 1 aromatic carbocycles. The van der Waals surface area contributed by atoms with Gasteiger partial charge in [0.05, 0.1) is 24.7 Å². The monoisotopic (exact) mass is 342 g/mol. The van der Waals surface area contributed by atoms with E-state index in [9.17, 15) is 9.59 Å². The summed E-state index contributed by atoms with van der Waals surface area (Å²) in [6, 6.07) is 8.15. The fourth-order valence-corrected chi connectivity index (χ4v) is 1.94. The summed E-state index contributed by atoms with van der Waals surface area (Å²) in [6.07, 6.45) is 1.18. The van der Waals surface area contributed by atoms with Crippen molar-refractivity contribution in [3.8, 4) is 6.07 Å². The molecule has 0 aliphatic heterocycles. The van der Waals surface area contributed by atoms with Crippen LogP contribution >= 0.6 is 0 Å². The van der Waals surface area contributed by atoms with Crippen LogP contribution in [-0.2, 0) is 19.1 Å². The minimum Gasteiger partial charge on any atom is -0.462 e. The SMILES string of the molecule is CCCCOC(=O)/C(CC#N)=C(\OC(C)=O)c1ccccc1N=[N+]=[N-]. The number of hydrogen-bond acceptors (Lipinski definition) is 6. The first-order valence-corrected chi connectivity index (χ1v) is 7.65. The normalized spacial score (nSPS) is 10.8. The highest BCUT2D eigenvalue weighted by Gasteiger charge is 2.23. The summed E-state index contributed by atoms with van der Waals surface area (Å²) in [4.78, 5) is 26.6. The van der Waals surface area contributed by atoms with E-state index in [0.29, 0.717) is 6.42 Å². The Morgan fingerprint density at radius 2 is 2.08 bits per heavy atom. The zero-order valence-electron chi connectivity index (χ0n) is 14.1. The van der Waals surface area contributed by atoms with Crippen molar-refractivity contribution in [1.29, 1.82) is 5.26 Å². The van der Waals surface area contributed by atoms with Crippen LogP contribution < -0.4 is 0 Å². The summed E-state index contributed by atoms with van der Waals surface area (Å²) in [5.41, 5.74) is 8.99. The molecule has 0 heterocycles. The predicted octanol–water partition coefficient (Wildman–Crippen LogP) is 4.16. The molecule has 0 spiro atoms. The van der Waals surface area contributed by atoms with Crippen LogP contribution in [0.4, 0.5) is 5.69 Å². The largest absolute Gasteiger partial charge is 0.462 e. The van der Waals surface area contributed by atoms with E-state index in [0.717, 1.165) is 6.42 Å². The first-order chi connectivity index (χ1) is 12.0. The topological polar surface area (TPSA) is 125 Å². The Bertz CT molecular complexity index is 758. The molecule has 0 radical (unpaired) electrons. The number of carbonyl (C=O) groups excluding carboxylic acids is 2. The standard InChI is InChI=1S/C17H18N4O4/c1-3-4-11-24-17(23)14(9-10-18)16(25-12(2)22)13-7-5-6-8-15(13)20-21-19/h5-8H,3-4,9,11H2,1-2H3/b16-14-. The highest BCUT2D eigenvalue weighted by atomic mass is 16.5. The maximum Gasteiger partial charge on any atom is 0.338 e. The molecule has 0 N–H and O–H groups in total. The van der Waals surface area contributed by atoms with Crippen molar-refractivity contribution < 1.29 is 19.1 Å². The zero-order valence-corrected chi connectivity index (χ0v) is 14.1. The van der Waals surface area contributed by atoms with Crippen molar-refractivity contribution in [3.63, 3.8) is 0 Å². The van der Waals surface area contributed by atoms with E-state index in [-0.39, 0.29) is 35.6 Å². The summed E-state index contributed by atoms with van der Waals surface area (Å²) in [5.74, 6) is -1.57. The fourth-order valence-electron chi connectivity index (χ4n) is 1.94. The Balaban J connectivity index is 3.48. The van der Waals surface area contributed by atoms with Gasteiger partial charge in [-0.25, -0.2) is 4.79 Å². The number of nitrogens with zero attached hydrogens (tertiary/aromatic N) is 4. The van der Waals surface area contributed by atoms with Gasteiger partial charge in [0, 0.05) is 23.1 Å². The number of rotatable bonds is 8. The molecule has 0 fully saturated rings. The van der Waals surface area contributed by atoms with Gasteiger partial charge in [-0.3, -0.25) is 4.79 Å². The van der Waals surface area contributed by atoms with Gasteiger partial charge in [-0.1, -0.05) is 42.7 Å². The molecule has 0 amide bonds. The van der Waals surface area contributed by atoms with Crippen LogP contribution in [0.25, 0.3) is 16.2 Å². The second-order valence-electron chi connectivity index (χ2n) is 4.93. The van der Waals surface area contributed by atoms with E-state index < -0.39 is 11.9 Å². The average Bonchev–Trinajstić information content (AvgIpc) is 2.59. The van der Waals surface area contributed by atoms with Gasteiger partial charge in [0.1, 0.15) is 5.76 Å². The number of ether oxygens (including phenoxy) is 2. The van der Waals surface area contributed by atoms with Crippen molar-refractivity contribution in [2.45, 2.75) is 33.1 Å². The van der Waals surface area contributed by atoms with Gasteiger partial charge >= 0.3 is 11.9 Å². The fraction of sp³-hybridized carbons (Fsp3) is 0.353. The number of unbranched alkanes of at least 4 members (excludes halogenated alkanes) is 1. The summed E-state index contributed by atoms with van der Waals surface area (Å²) in [7, 11) is 0. The van der Waals surface area contributed by atoms with Gasteiger partial charge in [0.2, 0.25) is 0 Å². The molecule has 0 aliphatic rings. The molecule has 0 bridgehead atoms. The molecule has 0 saturated heterocycles. The van der Waals surface area contributed by atoms with E-state index >= 15 is 0 Å². The van der Waals surface area contributed by atoms with E-state index in [1.54, 1.807) is 12.1 Å². The molecule has 0 saturated carbocycles. The van der Waals surface area contributed by atoms with Gasteiger partial charge in [0.25, 0.3) is 0 Å². The van der Waals surface area contributed by atoms with Gasteiger partial charge in [-0.05, 0) is 12.0 Å². The summed E-state index contributed by atoms with van der Waals surface area (Å²) in [5, 5.41) is 12.6. The number of esters is 2. The van der Waals surface area contributed by atoms with E-state index in [1.165, 1.54) is 19.1 Å². The maximum absolute atomic E-state index is 12.3. The van der Waals surface area contributed by atoms with Gasteiger partial charge in [-0.15, -0.1) is 0 Å². The molecule has 0 aliphatic carbocycles. The van der Waals surface area contributed by atoms with Crippen LogP contribution in [0.3, 0.4) is 0 Å². The van der Waals surface area contributed by atoms with E-state index in [2.05, 4.69) is 10.0 Å². The van der Waals surface area contributed by atoms with Gasteiger partial charge < -0.3 is 9.47 Å². The lowest BCUT2D eigenvalue weighted by Gasteiger charge is -2.14. The van der Waals surface area contributed by atoms with Gasteiger partial charge in [-0.2, -0.15) is 5.26 Å². The first kappa shape index (κ1) is 19.7. The lowest BCUT2D eigenvalue weighted by molar-refractivity contribution is -0.139. The Morgan fingerprint density at radius 1 is 1.36 bits per heavy atom. The summed E-state index contributed by atoms with van der Waals surface area (Å²) in [6.45, 7) is 3.30. The molecule has 0 unspecified atom stereocenters. The van der Waals surface area contributed by atoms with Crippen LogP contribution in [0.5, 0.6) is 0 Å². The lowest BCUT2D eigenvalue weighted by Crippen LogP contribution is -2.13. The second kappa shape index (κ2) is 10.5. The minimum absolute atomic E-state index is 0.102. The molecule has 8 nitrogen and oxygen atoms in total. The Morgan fingerprint density at radius 3 is 2.68 bits per heavy atom. The third kappa shape index (κ3) is 6.01. The highest BCUT2D eigenvalue weighted by Crippen LogP contribution is 2.31. The van der Waals surface area contributed by atoms with Crippen LogP contribution in [0.2, 0.25) is 0 Å². The first-order valence-electron chi connectivity index (χ1n) is 7.65. The molecular formula is C17H18N4O4. The van der Waals surface area contributed by atoms with E-state index in [1.807, 2.05) is 13.0 Å². The number of azide groups is 1. The van der Waals surface area contributed by atoms with Crippen LogP contribution in [0.15, 0.2) is 35.0 Å². The third-order valence-corrected chi connectivity index (χ3v) is 3.05. The molecule has 8 heteroatoms. The van der Waals surface area contributed by atoms with Crippen molar-refractivity contribution >= 4 is 23.4 Å². The number of hydrogen-bond donors (Lipinski definition) is 0. The van der Waals surface area contributed by atoms with Crippen molar-refractivity contribution in [1.82, 2.24) is 0 Å². The predicted molar refractivity (Wildman–Crippen MR) is 90.0 cm³/mol. The minimum atomic E-state index is -0.748. The number of nitriles is 1. The number of benzene rings is 1. The van der Waals surface area contributed by atoms with Crippen molar-refractivity contribution in [2.75, 3.05) is 6.61 Å². The van der Waals surface area contributed by atoms with Crippen molar-refractivity contribution in [3.05, 3.63) is 45.8 Å². The summed E-state index contributed by atoms with van der Waals surface area (Å²) >= 11 is 0. The van der Waals surface area contributed by atoms with E-state index in [4.69, 9.17) is 20.3 Å². The molecule has 1 rings (SSSR count). The Hall–Kier alpha value is -3.30. The maximum atomic E-state index is 12.3. The molecule has 130 valence electrons. The zero-order chi connectivity index (χ0) is 18.7. The van der Waals surface area contributed by atoms with Crippen LogP contribution in [-0.4, -0.2) is 18.5 Å². The molecule has 1 aromatic rings. The van der Waals surface area contributed by atoms with Gasteiger partial charge in [0.15, 0.2) is 0 Å². The highest BCUT2D eigenvalue weighted by molar-refractivity contribution is 5.99. The van der Waals surface area contributed by atoms with Crippen LogP contribution in [0, 0.1) is 11.3 Å². The summed E-state index contributed by atoms with van der Waals surface area (Å²) < 4.78 is 10.3. The van der Waals surface area contributed by atoms with Crippen molar-refractivity contribution in [2.24, 2.45) is 5.11 Å². The Labute approximate surface area is 145 Å². The smallest absolute Gasteiger partial charge is 0.338 e. The number of carbonyl (C=O) groups is 2. The Kier molecular flexibility index (Phi) is 8.27. The third-order valence-electron chi connectivity index (χ3n) is 3.05. The molecular weight excluding hydrogens is 324 g/mol. The quantitative estimate of drug-likeness (QED) is 0.133. The molecule has 0 atom stereocenters. The second-order valence-corrected chi connectivity index (χ2v) is 4.93. The molecule has 0 aromatic heterocycles. The van der Waals surface area contributed by atoms with Crippen LogP contribution in [0.1, 0.15) is 38.7 Å². The average molecular weight is 342 g/mol. The lowest BCUT2D eigenvalue weighted by atomic mass is 10.0. The molecule has 25 heavy (non-hydrogen) atoms.